The maximum atomic E-state index is 10.0. The largest absolute Gasteiger partial charge is 0.309 e. The predicted molar refractivity (Wildman–Crippen MR) is 200 cm³/mol. The maximum absolute atomic E-state index is 10.0. The SMILES string of the molecule is N#Cc1ccc(-n2c3ccccc3c3cc(C#N)ccc32)c(-c2ccc(-c3cccc(-n4c5ccccc5c5cccc(C#N)c54)c3)cc2)c1. The Kier molecular flexibility index (Phi) is 6.56. The van der Waals surface area contributed by atoms with E-state index in [1.54, 1.807) is 0 Å². The molecular formula is C45H25N5. The molecule has 50 heavy (non-hydrogen) atoms. The molecule has 230 valence electrons. The summed E-state index contributed by atoms with van der Waals surface area (Å²) in [6, 6.07) is 57.9. The summed E-state index contributed by atoms with van der Waals surface area (Å²) in [5.41, 5.74) is 11.8. The van der Waals surface area contributed by atoms with Crippen LogP contribution in [0.3, 0.4) is 0 Å². The molecule has 0 radical (unpaired) electrons. The van der Waals surface area contributed by atoms with Gasteiger partial charge < -0.3 is 9.13 Å². The van der Waals surface area contributed by atoms with Crippen molar-refractivity contribution in [3.63, 3.8) is 0 Å². The first-order valence-corrected chi connectivity index (χ1v) is 16.3. The van der Waals surface area contributed by atoms with Crippen molar-refractivity contribution in [2.75, 3.05) is 0 Å². The summed E-state index contributed by atoms with van der Waals surface area (Å²) >= 11 is 0. The molecule has 0 fully saturated rings. The summed E-state index contributed by atoms with van der Waals surface area (Å²) in [5.74, 6) is 0. The maximum Gasteiger partial charge on any atom is 0.101 e. The third kappa shape index (κ3) is 4.38. The average Bonchev–Trinajstić information content (AvgIpc) is 3.70. The molecule has 0 bridgehead atoms. The van der Waals surface area contributed by atoms with E-state index in [0.29, 0.717) is 16.7 Å². The van der Waals surface area contributed by atoms with E-state index in [4.69, 9.17) is 0 Å². The molecule has 7 aromatic carbocycles. The molecule has 0 spiro atoms. The minimum Gasteiger partial charge on any atom is -0.309 e. The van der Waals surface area contributed by atoms with Crippen LogP contribution in [0, 0.1) is 34.0 Å². The molecule has 2 heterocycles. The Morgan fingerprint density at radius 2 is 1.02 bits per heavy atom. The lowest BCUT2D eigenvalue weighted by molar-refractivity contribution is 1.18. The molecule has 5 nitrogen and oxygen atoms in total. The van der Waals surface area contributed by atoms with Crippen LogP contribution in [0.5, 0.6) is 0 Å². The smallest absolute Gasteiger partial charge is 0.101 e. The van der Waals surface area contributed by atoms with Crippen LogP contribution in [0.25, 0.3) is 77.2 Å². The van der Waals surface area contributed by atoms with E-state index in [0.717, 1.165) is 77.2 Å². The molecule has 0 aliphatic carbocycles. The number of benzene rings is 7. The second kappa shape index (κ2) is 11.4. The lowest BCUT2D eigenvalue weighted by Crippen LogP contribution is -1.98. The molecular weight excluding hydrogens is 611 g/mol. The van der Waals surface area contributed by atoms with E-state index in [-0.39, 0.29) is 0 Å². The van der Waals surface area contributed by atoms with Crippen LogP contribution in [-0.4, -0.2) is 9.13 Å². The first kappa shape index (κ1) is 28.8. The monoisotopic (exact) mass is 635 g/mol. The molecule has 0 saturated heterocycles. The van der Waals surface area contributed by atoms with E-state index in [1.165, 1.54) is 0 Å². The molecule has 0 N–H and O–H groups in total. The molecule has 0 atom stereocenters. The number of hydrogen-bond acceptors (Lipinski definition) is 3. The highest BCUT2D eigenvalue weighted by molar-refractivity contribution is 6.11. The Morgan fingerprint density at radius 1 is 0.400 bits per heavy atom. The number of para-hydroxylation sites is 3. The van der Waals surface area contributed by atoms with Crippen molar-refractivity contribution in [2.24, 2.45) is 0 Å². The van der Waals surface area contributed by atoms with Crippen LogP contribution in [0.15, 0.2) is 152 Å². The highest BCUT2D eigenvalue weighted by Crippen LogP contribution is 2.38. The Labute approximate surface area is 287 Å². The molecule has 0 aliphatic rings. The van der Waals surface area contributed by atoms with E-state index in [1.807, 2.05) is 72.8 Å². The van der Waals surface area contributed by atoms with Gasteiger partial charge in [-0.25, -0.2) is 0 Å². The zero-order valence-electron chi connectivity index (χ0n) is 26.7. The fourth-order valence-electron chi connectivity index (χ4n) is 7.38. The van der Waals surface area contributed by atoms with E-state index >= 15 is 0 Å². The van der Waals surface area contributed by atoms with Gasteiger partial charge in [0.05, 0.1) is 56.6 Å². The van der Waals surface area contributed by atoms with Crippen molar-refractivity contribution in [1.82, 2.24) is 9.13 Å². The summed E-state index contributed by atoms with van der Waals surface area (Å²) in [5, 5.41) is 33.8. The Bertz CT molecular complexity index is 2960. The molecule has 0 aliphatic heterocycles. The highest BCUT2D eigenvalue weighted by atomic mass is 15.0. The lowest BCUT2D eigenvalue weighted by atomic mass is 9.97. The van der Waals surface area contributed by atoms with Crippen molar-refractivity contribution in [2.45, 2.75) is 0 Å². The molecule has 9 aromatic rings. The van der Waals surface area contributed by atoms with Crippen molar-refractivity contribution in [3.05, 3.63) is 168 Å². The zero-order valence-corrected chi connectivity index (χ0v) is 26.7. The fraction of sp³-hybridized carbons (Fsp3) is 0. The summed E-state index contributed by atoms with van der Waals surface area (Å²) in [6.07, 6.45) is 0. The molecule has 0 saturated carbocycles. The molecule has 0 unspecified atom stereocenters. The zero-order chi connectivity index (χ0) is 33.8. The van der Waals surface area contributed by atoms with Gasteiger partial charge in [-0.2, -0.15) is 15.8 Å². The van der Waals surface area contributed by atoms with Crippen molar-refractivity contribution < 1.29 is 0 Å². The Hall–Kier alpha value is -7.39. The first-order valence-electron chi connectivity index (χ1n) is 16.3. The van der Waals surface area contributed by atoms with Crippen LogP contribution in [0.2, 0.25) is 0 Å². The number of rotatable bonds is 4. The fourth-order valence-corrected chi connectivity index (χ4v) is 7.38. The molecule has 2 aromatic heterocycles. The van der Waals surface area contributed by atoms with Gasteiger partial charge in [-0.05, 0) is 83.4 Å². The van der Waals surface area contributed by atoms with Crippen molar-refractivity contribution in [1.29, 1.82) is 15.8 Å². The van der Waals surface area contributed by atoms with Crippen LogP contribution in [-0.2, 0) is 0 Å². The topological polar surface area (TPSA) is 81.2 Å². The van der Waals surface area contributed by atoms with Gasteiger partial charge >= 0.3 is 0 Å². The first-order chi connectivity index (χ1) is 24.7. The Morgan fingerprint density at radius 3 is 1.78 bits per heavy atom. The third-order valence-electron chi connectivity index (χ3n) is 9.62. The average molecular weight is 636 g/mol. The van der Waals surface area contributed by atoms with E-state index in [9.17, 15) is 15.8 Å². The van der Waals surface area contributed by atoms with Gasteiger partial charge in [-0.3, -0.25) is 0 Å². The van der Waals surface area contributed by atoms with Crippen LogP contribution in [0.1, 0.15) is 16.7 Å². The van der Waals surface area contributed by atoms with Gasteiger partial charge in [0.2, 0.25) is 0 Å². The number of nitriles is 3. The van der Waals surface area contributed by atoms with Gasteiger partial charge in [-0.15, -0.1) is 0 Å². The summed E-state index contributed by atoms with van der Waals surface area (Å²) in [6.45, 7) is 0. The lowest BCUT2D eigenvalue weighted by Gasteiger charge is -2.15. The minimum atomic E-state index is 0.580. The second-order valence-electron chi connectivity index (χ2n) is 12.3. The summed E-state index contributed by atoms with van der Waals surface area (Å²) in [4.78, 5) is 0. The van der Waals surface area contributed by atoms with Crippen molar-refractivity contribution >= 4 is 43.6 Å². The van der Waals surface area contributed by atoms with Crippen LogP contribution >= 0.6 is 0 Å². The standard InChI is InChI=1S/C45H25N5/c46-26-29-15-21-43(50-42-14-4-2-11-37(42)40-24-30(27-47)16-22-44(40)50)39(23-29)32-19-17-31(18-20-32)33-7-5-9-35(25-33)49-41-13-3-1-10-36(41)38-12-6-8-34(28-48)45(38)49/h1-25H. The Balaban J connectivity index is 1.18. The third-order valence-corrected chi connectivity index (χ3v) is 9.62. The summed E-state index contributed by atoms with van der Waals surface area (Å²) < 4.78 is 4.41. The number of hydrogen-bond donors (Lipinski definition) is 0. The quantitative estimate of drug-likeness (QED) is 0.193. The predicted octanol–water partition coefficient (Wildman–Crippen LogP) is 10.8. The highest BCUT2D eigenvalue weighted by Gasteiger charge is 2.18. The minimum absolute atomic E-state index is 0.580. The van der Waals surface area contributed by atoms with Gasteiger partial charge in [0.25, 0.3) is 0 Å². The van der Waals surface area contributed by atoms with E-state index < -0.39 is 0 Å². The number of fused-ring (bicyclic) bond motifs is 6. The number of aromatic nitrogens is 2. The van der Waals surface area contributed by atoms with Crippen molar-refractivity contribution in [3.8, 4) is 51.8 Å². The molecule has 9 rings (SSSR count). The normalized spacial score (nSPS) is 11.1. The van der Waals surface area contributed by atoms with Crippen LogP contribution < -0.4 is 0 Å². The van der Waals surface area contributed by atoms with Gasteiger partial charge in [-0.1, -0.05) is 84.9 Å². The van der Waals surface area contributed by atoms with Gasteiger partial charge in [0, 0.05) is 32.8 Å². The van der Waals surface area contributed by atoms with Gasteiger partial charge in [0.1, 0.15) is 6.07 Å². The van der Waals surface area contributed by atoms with Gasteiger partial charge in [0.15, 0.2) is 0 Å². The van der Waals surface area contributed by atoms with Crippen LogP contribution in [0.4, 0.5) is 0 Å². The molecule has 0 amide bonds. The number of nitrogens with zero attached hydrogens (tertiary/aromatic N) is 5. The second-order valence-corrected chi connectivity index (χ2v) is 12.3. The summed E-state index contributed by atoms with van der Waals surface area (Å²) in [7, 11) is 0. The van der Waals surface area contributed by atoms with E-state index in [2.05, 4.69) is 106 Å². The molecule has 5 heteroatoms.